The number of aliphatic imine (C=N–C) groups is 1. The number of Topliss-reactive ketones (excluding diaryl/α,β-unsaturated/α-hetero) is 1. The smallest absolute Gasteiger partial charge is 0.335 e. The van der Waals surface area contributed by atoms with Gasteiger partial charge in [-0.1, -0.05) is 6.07 Å². The van der Waals surface area contributed by atoms with Crippen molar-refractivity contribution in [2.75, 3.05) is 49.5 Å². The number of carbonyl (C=O) groups excluding carboxylic acids is 1. The molecule has 0 saturated carbocycles. The Labute approximate surface area is 193 Å². The molecule has 2 heterocycles. The molecule has 2 N–H and O–H groups in total. The number of guanidine groups is 1. The van der Waals surface area contributed by atoms with Crippen molar-refractivity contribution in [3.8, 4) is 0 Å². The van der Waals surface area contributed by atoms with E-state index < -0.39 is 5.97 Å². The molecule has 0 aromatic heterocycles. The number of ketones is 1. The van der Waals surface area contributed by atoms with Crippen molar-refractivity contribution in [3.63, 3.8) is 0 Å². The SMILES string of the molecule is CC(=O)c1ccc(N2CCN(C(=NC[C@H]3CCCO3)Nc3cccc(C(=O)O)c3)CC2)cc1. The summed E-state index contributed by atoms with van der Waals surface area (Å²) in [5, 5.41) is 12.7. The first-order valence-electron chi connectivity index (χ1n) is 11.4. The number of carbonyl (C=O) groups is 2. The lowest BCUT2D eigenvalue weighted by Gasteiger charge is -2.38. The summed E-state index contributed by atoms with van der Waals surface area (Å²) >= 11 is 0. The van der Waals surface area contributed by atoms with Gasteiger partial charge in [-0.3, -0.25) is 9.79 Å². The molecule has 2 aromatic carbocycles. The maximum atomic E-state index is 11.5. The van der Waals surface area contributed by atoms with E-state index in [1.54, 1.807) is 25.1 Å². The second kappa shape index (κ2) is 10.5. The molecule has 33 heavy (non-hydrogen) atoms. The van der Waals surface area contributed by atoms with Gasteiger partial charge in [0.2, 0.25) is 0 Å². The number of benzene rings is 2. The molecule has 0 bridgehead atoms. The predicted molar refractivity (Wildman–Crippen MR) is 129 cm³/mol. The Morgan fingerprint density at radius 2 is 1.85 bits per heavy atom. The first kappa shape index (κ1) is 22.8. The summed E-state index contributed by atoms with van der Waals surface area (Å²) < 4.78 is 5.73. The highest BCUT2D eigenvalue weighted by Crippen LogP contribution is 2.19. The van der Waals surface area contributed by atoms with E-state index in [1.807, 2.05) is 30.3 Å². The summed E-state index contributed by atoms with van der Waals surface area (Å²) in [6.07, 6.45) is 2.20. The molecule has 2 aliphatic heterocycles. The molecule has 1 atom stereocenters. The normalized spacial score (nSPS) is 18.9. The maximum Gasteiger partial charge on any atom is 0.335 e. The minimum atomic E-state index is -0.957. The Kier molecular flexibility index (Phi) is 7.24. The second-order valence-corrected chi connectivity index (χ2v) is 8.39. The van der Waals surface area contributed by atoms with Gasteiger partial charge in [0.05, 0.1) is 18.2 Å². The van der Waals surface area contributed by atoms with Gasteiger partial charge < -0.3 is 25.0 Å². The maximum absolute atomic E-state index is 11.5. The Bertz CT molecular complexity index is 1010. The summed E-state index contributed by atoms with van der Waals surface area (Å²) in [6, 6.07) is 14.5. The van der Waals surface area contributed by atoms with Crippen LogP contribution in [0.15, 0.2) is 53.5 Å². The van der Waals surface area contributed by atoms with E-state index in [4.69, 9.17) is 9.73 Å². The van der Waals surface area contributed by atoms with Crippen LogP contribution in [0.25, 0.3) is 0 Å². The second-order valence-electron chi connectivity index (χ2n) is 8.39. The van der Waals surface area contributed by atoms with Crippen LogP contribution in [0.2, 0.25) is 0 Å². The number of piperazine rings is 1. The highest BCUT2D eigenvalue weighted by atomic mass is 16.5. The zero-order valence-corrected chi connectivity index (χ0v) is 18.9. The fourth-order valence-corrected chi connectivity index (χ4v) is 4.14. The molecule has 2 fully saturated rings. The van der Waals surface area contributed by atoms with E-state index in [2.05, 4.69) is 15.1 Å². The quantitative estimate of drug-likeness (QED) is 0.396. The fraction of sp³-hybridized carbons (Fsp3) is 0.400. The van der Waals surface area contributed by atoms with Crippen molar-refractivity contribution < 1.29 is 19.4 Å². The van der Waals surface area contributed by atoms with Crippen LogP contribution in [0.1, 0.15) is 40.5 Å². The molecule has 2 aromatic rings. The third-order valence-corrected chi connectivity index (χ3v) is 6.05. The van der Waals surface area contributed by atoms with Crippen LogP contribution in [0, 0.1) is 0 Å². The Hall–Kier alpha value is -3.39. The Morgan fingerprint density at radius 3 is 2.48 bits per heavy atom. The van der Waals surface area contributed by atoms with Crippen molar-refractivity contribution in [2.24, 2.45) is 4.99 Å². The average Bonchev–Trinajstić information content (AvgIpc) is 3.36. The van der Waals surface area contributed by atoms with Crippen molar-refractivity contribution in [2.45, 2.75) is 25.9 Å². The first-order chi connectivity index (χ1) is 16.0. The lowest BCUT2D eigenvalue weighted by molar-refractivity contribution is 0.0696. The molecular formula is C25H30N4O4. The Balaban J connectivity index is 1.45. The summed E-state index contributed by atoms with van der Waals surface area (Å²) in [4.78, 5) is 32.2. The number of aromatic carboxylic acids is 1. The highest BCUT2D eigenvalue weighted by Gasteiger charge is 2.22. The third-order valence-electron chi connectivity index (χ3n) is 6.05. The minimum absolute atomic E-state index is 0.0662. The van der Waals surface area contributed by atoms with Crippen molar-refractivity contribution in [1.82, 2.24) is 4.90 Å². The average molecular weight is 451 g/mol. The molecule has 2 saturated heterocycles. The van der Waals surface area contributed by atoms with Crippen LogP contribution in [0.4, 0.5) is 11.4 Å². The van der Waals surface area contributed by atoms with Gasteiger partial charge in [-0.2, -0.15) is 0 Å². The van der Waals surface area contributed by atoms with Crippen LogP contribution < -0.4 is 10.2 Å². The standard InChI is InChI=1S/C25H30N4O4/c1-18(30)19-7-9-22(10-8-19)28-11-13-29(14-12-28)25(26-17-23-6-3-15-33-23)27-21-5-2-4-20(16-21)24(31)32/h2,4-5,7-10,16,23H,3,6,11-15,17H2,1H3,(H,26,27)(H,31,32)/t23-/m1/s1. The summed E-state index contributed by atoms with van der Waals surface area (Å²) in [5.74, 6) is -0.156. The van der Waals surface area contributed by atoms with Crippen molar-refractivity contribution in [1.29, 1.82) is 0 Å². The van der Waals surface area contributed by atoms with Crippen molar-refractivity contribution in [3.05, 3.63) is 59.7 Å². The largest absolute Gasteiger partial charge is 0.478 e. The van der Waals surface area contributed by atoms with Crippen molar-refractivity contribution >= 4 is 29.1 Å². The number of carboxylic acid groups (broad SMARTS) is 1. The highest BCUT2D eigenvalue weighted by molar-refractivity contribution is 5.96. The molecule has 0 amide bonds. The molecule has 0 aliphatic carbocycles. The summed E-state index contributed by atoms with van der Waals surface area (Å²) in [7, 11) is 0. The number of carboxylic acids is 1. The molecule has 2 aliphatic rings. The number of nitrogens with zero attached hydrogens (tertiary/aromatic N) is 3. The number of ether oxygens (including phenoxy) is 1. The van der Waals surface area contributed by atoms with E-state index in [9.17, 15) is 14.7 Å². The van der Waals surface area contributed by atoms with E-state index in [-0.39, 0.29) is 17.5 Å². The molecule has 0 radical (unpaired) electrons. The third kappa shape index (κ3) is 5.90. The number of anilines is 2. The summed E-state index contributed by atoms with van der Waals surface area (Å²) in [5.41, 5.74) is 2.74. The van der Waals surface area contributed by atoms with E-state index >= 15 is 0 Å². The molecular weight excluding hydrogens is 420 g/mol. The number of nitrogens with one attached hydrogen (secondary N) is 1. The van der Waals surface area contributed by atoms with Gasteiger partial charge in [0, 0.05) is 49.7 Å². The van der Waals surface area contributed by atoms with Gasteiger partial charge in [-0.05, 0) is 62.2 Å². The number of hydrogen-bond donors (Lipinski definition) is 2. The molecule has 4 rings (SSSR count). The zero-order chi connectivity index (χ0) is 23.2. The number of hydrogen-bond acceptors (Lipinski definition) is 5. The van der Waals surface area contributed by atoms with E-state index in [1.165, 1.54) is 0 Å². The Morgan fingerprint density at radius 1 is 1.09 bits per heavy atom. The van der Waals surface area contributed by atoms with Gasteiger partial charge >= 0.3 is 5.97 Å². The molecule has 0 spiro atoms. The molecule has 174 valence electrons. The lowest BCUT2D eigenvalue weighted by atomic mass is 10.1. The van der Waals surface area contributed by atoms with Gasteiger partial charge in [-0.25, -0.2) is 4.79 Å². The predicted octanol–water partition coefficient (Wildman–Crippen LogP) is 3.36. The summed E-state index contributed by atoms with van der Waals surface area (Å²) in [6.45, 7) is 6.10. The van der Waals surface area contributed by atoms with Crippen LogP contribution in [-0.4, -0.2) is 73.2 Å². The molecule has 8 nitrogen and oxygen atoms in total. The van der Waals surface area contributed by atoms with Gasteiger partial charge in [0.15, 0.2) is 11.7 Å². The van der Waals surface area contributed by atoms with Crippen LogP contribution >= 0.6 is 0 Å². The van der Waals surface area contributed by atoms with Crippen LogP contribution in [0.5, 0.6) is 0 Å². The zero-order valence-electron chi connectivity index (χ0n) is 18.9. The van der Waals surface area contributed by atoms with Crippen LogP contribution in [-0.2, 0) is 4.74 Å². The topological polar surface area (TPSA) is 94.5 Å². The molecule has 0 unspecified atom stereocenters. The monoisotopic (exact) mass is 450 g/mol. The van der Waals surface area contributed by atoms with Gasteiger partial charge in [0.1, 0.15) is 0 Å². The molecule has 8 heteroatoms. The fourth-order valence-electron chi connectivity index (χ4n) is 4.14. The van der Waals surface area contributed by atoms with Crippen LogP contribution in [0.3, 0.4) is 0 Å². The van der Waals surface area contributed by atoms with E-state index in [0.29, 0.717) is 17.8 Å². The number of rotatable bonds is 6. The van der Waals surface area contributed by atoms with E-state index in [0.717, 1.165) is 57.3 Å². The minimum Gasteiger partial charge on any atom is -0.478 e. The first-order valence-corrected chi connectivity index (χ1v) is 11.4. The van der Waals surface area contributed by atoms with Gasteiger partial charge in [-0.15, -0.1) is 0 Å². The lowest BCUT2D eigenvalue weighted by Crippen LogP contribution is -2.51. The van der Waals surface area contributed by atoms with Gasteiger partial charge in [0.25, 0.3) is 0 Å².